The van der Waals surface area contributed by atoms with E-state index >= 15 is 0 Å². The Morgan fingerprint density at radius 3 is 2.42 bits per heavy atom. The zero-order valence-electron chi connectivity index (χ0n) is 26.6. The molecular weight excluding hydrogens is 719 g/mol. The molecule has 3 atom stereocenters. The summed E-state index contributed by atoms with van der Waals surface area (Å²) in [7, 11) is -1.09. The molecule has 3 aromatic carbocycles. The summed E-state index contributed by atoms with van der Waals surface area (Å²) in [4.78, 5) is 44.2. The van der Waals surface area contributed by atoms with E-state index in [1.54, 1.807) is 30.3 Å². The predicted molar refractivity (Wildman–Crippen MR) is 177 cm³/mol. The first-order chi connectivity index (χ1) is 22.4. The van der Waals surface area contributed by atoms with Crippen molar-refractivity contribution < 1.29 is 40.7 Å². The average Bonchev–Trinajstić information content (AvgIpc) is 3.09. The van der Waals surface area contributed by atoms with Gasteiger partial charge in [0.15, 0.2) is 9.84 Å². The fourth-order valence-electron chi connectivity index (χ4n) is 5.82. The summed E-state index contributed by atoms with van der Waals surface area (Å²) in [5.74, 6) is -5.06. The molecule has 4 rings (SSSR count). The summed E-state index contributed by atoms with van der Waals surface area (Å²) < 4.78 is 73.6. The molecule has 0 fully saturated rings. The molecule has 0 radical (unpaired) electrons. The number of likely N-dealkylation sites (N-methyl/N-ethyl adjacent to an activating group) is 1. The van der Waals surface area contributed by atoms with E-state index in [9.17, 15) is 41.2 Å². The van der Waals surface area contributed by atoms with Crippen LogP contribution >= 0.6 is 15.9 Å². The van der Waals surface area contributed by atoms with Crippen LogP contribution in [-0.2, 0) is 30.8 Å². The van der Waals surface area contributed by atoms with Crippen molar-refractivity contribution in [1.29, 1.82) is 5.26 Å². The molecular formula is C32H33BrF3N5O6S. The van der Waals surface area contributed by atoms with Crippen molar-refractivity contribution in [3.63, 3.8) is 0 Å². The molecule has 11 nitrogen and oxygen atoms in total. The van der Waals surface area contributed by atoms with Gasteiger partial charge < -0.3 is 24.8 Å². The number of alkyl halides is 3. The van der Waals surface area contributed by atoms with Gasteiger partial charge in [0.05, 0.1) is 42.7 Å². The third-order valence-electron chi connectivity index (χ3n) is 8.11. The van der Waals surface area contributed by atoms with Gasteiger partial charge in [-0.3, -0.25) is 14.4 Å². The van der Waals surface area contributed by atoms with E-state index in [2.05, 4.69) is 21.2 Å². The molecule has 0 spiro atoms. The second-order valence-electron chi connectivity index (χ2n) is 11.5. The predicted octanol–water partition coefficient (Wildman–Crippen LogP) is 4.16. The van der Waals surface area contributed by atoms with Crippen LogP contribution in [0.25, 0.3) is 10.8 Å². The lowest BCUT2D eigenvalue weighted by Gasteiger charge is -2.39. The minimum Gasteiger partial charge on any atom is -0.496 e. The zero-order valence-corrected chi connectivity index (χ0v) is 29.0. The Morgan fingerprint density at radius 2 is 1.83 bits per heavy atom. The summed E-state index contributed by atoms with van der Waals surface area (Å²) in [6.45, 7) is 1.87. The lowest BCUT2D eigenvalue weighted by atomic mass is 10.0. The molecule has 0 bridgehead atoms. The maximum Gasteiger partial charge on any atom is 0.471 e. The van der Waals surface area contributed by atoms with Gasteiger partial charge >= 0.3 is 12.1 Å². The Hall–Kier alpha value is -4.20. The van der Waals surface area contributed by atoms with Gasteiger partial charge in [0.2, 0.25) is 5.91 Å². The number of nitrogens with one attached hydrogen (secondary N) is 1. The number of anilines is 2. The van der Waals surface area contributed by atoms with Crippen molar-refractivity contribution in [3.05, 3.63) is 64.1 Å². The van der Waals surface area contributed by atoms with Crippen LogP contribution in [0.2, 0.25) is 0 Å². The minimum absolute atomic E-state index is 0.0348. The third kappa shape index (κ3) is 7.43. The number of nitrogens with zero attached hydrogens (tertiary/aromatic N) is 4. The van der Waals surface area contributed by atoms with Crippen LogP contribution < -0.4 is 19.9 Å². The summed E-state index contributed by atoms with van der Waals surface area (Å²) in [5, 5.41) is 13.9. The standard InChI is InChI=1S/C32H33BrF3N5O6S/c1-18(38-3)15-40(31(44)32(34,35)36)29-19(2)41(28(42)17-48(5,45)46)25-11-9-20(14-37)13-26(25)39(30(29)43)16-23-21-7-6-8-24(33)22(21)10-12-27(23)47-4/h6-13,18-19,29,38H,15-17H2,1-5H3/t18-,19-,29-/m0/s1. The van der Waals surface area contributed by atoms with E-state index in [4.69, 9.17) is 4.74 Å². The molecule has 16 heteroatoms. The number of benzene rings is 3. The van der Waals surface area contributed by atoms with E-state index in [0.717, 1.165) is 21.4 Å². The summed E-state index contributed by atoms with van der Waals surface area (Å²) in [6.07, 6.45) is -4.58. The van der Waals surface area contributed by atoms with Crippen LogP contribution in [0.15, 0.2) is 53.0 Å². The number of carbonyl (C=O) groups is 3. The molecule has 0 saturated carbocycles. The Labute approximate surface area is 284 Å². The lowest BCUT2D eigenvalue weighted by Crippen LogP contribution is -2.63. The van der Waals surface area contributed by atoms with E-state index < -0.39 is 64.2 Å². The summed E-state index contributed by atoms with van der Waals surface area (Å²) in [6, 6.07) is 10.5. The molecule has 0 saturated heterocycles. The lowest BCUT2D eigenvalue weighted by molar-refractivity contribution is -0.189. The van der Waals surface area contributed by atoms with Crippen LogP contribution in [0.1, 0.15) is 25.0 Å². The second-order valence-corrected chi connectivity index (χ2v) is 14.5. The van der Waals surface area contributed by atoms with Crippen molar-refractivity contribution in [1.82, 2.24) is 10.2 Å². The smallest absolute Gasteiger partial charge is 0.471 e. The van der Waals surface area contributed by atoms with E-state index in [0.29, 0.717) is 26.1 Å². The first kappa shape index (κ1) is 36.6. The fraction of sp³-hybridized carbons (Fsp3) is 0.375. The molecule has 1 aliphatic heterocycles. The third-order valence-corrected chi connectivity index (χ3v) is 9.57. The maximum atomic E-state index is 14.9. The van der Waals surface area contributed by atoms with Gasteiger partial charge in [-0.2, -0.15) is 18.4 Å². The second kappa shape index (κ2) is 14.1. The zero-order chi connectivity index (χ0) is 35.7. The van der Waals surface area contributed by atoms with Gasteiger partial charge in [0, 0.05) is 28.9 Å². The van der Waals surface area contributed by atoms with Crippen molar-refractivity contribution in [2.45, 2.75) is 44.7 Å². The van der Waals surface area contributed by atoms with Crippen molar-refractivity contribution in [2.24, 2.45) is 0 Å². The van der Waals surface area contributed by atoms with Crippen molar-refractivity contribution in [2.75, 3.05) is 42.5 Å². The molecule has 256 valence electrons. The van der Waals surface area contributed by atoms with Gasteiger partial charge in [0.1, 0.15) is 17.5 Å². The molecule has 3 aromatic rings. The van der Waals surface area contributed by atoms with Gasteiger partial charge in [-0.25, -0.2) is 8.42 Å². The Balaban J connectivity index is 2.08. The van der Waals surface area contributed by atoms with Crippen LogP contribution in [0.5, 0.6) is 5.75 Å². The minimum atomic E-state index is -5.40. The Morgan fingerprint density at radius 1 is 1.15 bits per heavy atom. The first-order valence-corrected chi connectivity index (χ1v) is 17.4. The first-order valence-electron chi connectivity index (χ1n) is 14.6. The summed E-state index contributed by atoms with van der Waals surface area (Å²) >= 11 is 3.51. The number of hydrogen-bond acceptors (Lipinski definition) is 8. The van der Waals surface area contributed by atoms with E-state index in [-0.39, 0.29) is 23.5 Å². The van der Waals surface area contributed by atoms with Gasteiger partial charge in [0.25, 0.3) is 5.91 Å². The molecule has 1 N–H and O–H groups in total. The monoisotopic (exact) mass is 751 g/mol. The van der Waals surface area contributed by atoms with E-state index in [1.165, 1.54) is 46.2 Å². The largest absolute Gasteiger partial charge is 0.496 e. The number of nitriles is 1. The highest BCUT2D eigenvalue weighted by atomic mass is 79.9. The van der Waals surface area contributed by atoms with Gasteiger partial charge in [-0.15, -0.1) is 0 Å². The van der Waals surface area contributed by atoms with Gasteiger partial charge in [-0.05, 0) is 68.1 Å². The number of ether oxygens (including phenoxy) is 1. The highest BCUT2D eigenvalue weighted by molar-refractivity contribution is 9.10. The molecule has 1 heterocycles. The number of halogens is 4. The molecule has 1 aliphatic rings. The maximum absolute atomic E-state index is 14.9. The van der Waals surface area contributed by atoms with Crippen LogP contribution in [0, 0.1) is 11.3 Å². The molecule has 0 aliphatic carbocycles. The molecule has 0 unspecified atom stereocenters. The van der Waals surface area contributed by atoms with Crippen molar-refractivity contribution >= 4 is 65.6 Å². The van der Waals surface area contributed by atoms with E-state index in [1.807, 2.05) is 6.07 Å². The van der Waals surface area contributed by atoms with Crippen molar-refractivity contribution in [3.8, 4) is 11.8 Å². The van der Waals surface area contributed by atoms with Crippen LogP contribution in [0.4, 0.5) is 24.5 Å². The van der Waals surface area contributed by atoms with Crippen LogP contribution in [0.3, 0.4) is 0 Å². The number of fused-ring (bicyclic) bond motifs is 2. The number of rotatable bonds is 9. The molecule has 48 heavy (non-hydrogen) atoms. The highest BCUT2D eigenvalue weighted by Gasteiger charge is 2.52. The number of sulfone groups is 1. The fourth-order valence-corrected chi connectivity index (χ4v) is 6.90. The topological polar surface area (TPSA) is 140 Å². The quantitative estimate of drug-likeness (QED) is 0.344. The highest BCUT2D eigenvalue weighted by Crippen LogP contribution is 2.41. The SMILES string of the molecule is CN[C@@H](C)CN(C(=O)C(F)(F)F)[C@@H]1C(=O)N(Cc2c(OC)ccc3c(Br)cccc23)c2cc(C#N)ccc2N(C(=O)CS(C)(=O)=O)[C@H]1C. The average molecular weight is 753 g/mol. The Kier molecular flexibility index (Phi) is 10.8. The summed E-state index contributed by atoms with van der Waals surface area (Å²) in [5.41, 5.74) is 0.406. The number of carbonyl (C=O) groups excluding carboxylic acids is 3. The van der Waals surface area contributed by atoms with Gasteiger partial charge in [-0.1, -0.05) is 28.1 Å². The molecule has 3 amide bonds. The number of hydrogen-bond donors (Lipinski definition) is 1. The Bertz CT molecular complexity index is 1920. The molecule has 0 aromatic heterocycles. The normalized spacial score (nSPS) is 17.4. The van der Waals surface area contributed by atoms with Crippen LogP contribution in [-0.4, -0.2) is 88.1 Å². The number of methoxy groups -OCH3 is 1. The number of amides is 3.